The predicted molar refractivity (Wildman–Crippen MR) is 56.7 cm³/mol. The van der Waals surface area contributed by atoms with Gasteiger partial charge in [-0.15, -0.1) is 12.4 Å². The molecule has 4 nitrogen and oxygen atoms in total. The van der Waals surface area contributed by atoms with Gasteiger partial charge in [0.25, 0.3) is 0 Å². The van der Waals surface area contributed by atoms with Gasteiger partial charge in [-0.1, -0.05) is 6.07 Å². The summed E-state index contributed by atoms with van der Waals surface area (Å²) in [7, 11) is -5.37. The Labute approximate surface area is 96.1 Å². The number of hydrogen-bond donors (Lipinski definition) is 2. The first-order valence-electron chi connectivity index (χ1n) is 3.67. The topological polar surface area (TPSA) is 72.2 Å². The molecule has 1 aromatic carbocycles. The third-order valence-corrected chi connectivity index (χ3v) is 2.56. The van der Waals surface area contributed by atoms with Gasteiger partial charge in [0.05, 0.1) is 5.69 Å². The minimum atomic E-state index is -5.37. The van der Waals surface area contributed by atoms with E-state index < -0.39 is 15.5 Å². The molecule has 9 heteroatoms. The number of halogens is 4. The highest BCUT2D eigenvalue weighted by atomic mass is 35.5. The van der Waals surface area contributed by atoms with Gasteiger partial charge >= 0.3 is 15.5 Å². The molecule has 92 valence electrons. The van der Waals surface area contributed by atoms with Gasteiger partial charge in [-0.25, -0.2) is 0 Å². The number of sulfonamides is 1. The largest absolute Gasteiger partial charge is 0.516 e. The molecule has 0 amide bonds. The Bertz CT molecular complexity index is 461. The summed E-state index contributed by atoms with van der Waals surface area (Å²) in [6.45, 7) is 0. The number of nitrogens with one attached hydrogen (secondary N) is 1. The minimum absolute atomic E-state index is 0. The van der Waals surface area contributed by atoms with Crippen molar-refractivity contribution in [1.82, 2.24) is 0 Å². The van der Waals surface area contributed by atoms with E-state index in [1.54, 1.807) is 0 Å². The van der Waals surface area contributed by atoms with Crippen LogP contribution in [0.3, 0.4) is 0 Å². The monoisotopic (exact) mass is 276 g/mol. The van der Waals surface area contributed by atoms with Crippen molar-refractivity contribution in [3.05, 3.63) is 24.3 Å². The van der Waals surface area contributed by atoms with Crippen LogP contribution in [0.4, 0.5) is 24.5 Å². The van der Waals surface area contributed by atoms with Gasteiger partial charge in [0.15, 0.2) is 0 Å². The van der Waals surface area contributed by atoms with Crippen molar-refractivity contribution < 1.29 is 21.6 Å². The summed E-state index contributed by atoms with van der Waals surface area (Å²) < 4.78 is 58.5. The van der Waals surface area contributed by atoms with E-state index >= 15 is 0 Å². The molecule has 0 aliphatic heterocycles. The zero-order valence-corrected chi connectivity index (χ0v) is 9.29. The lowest BCUT2D eigenvalue weighted by atomic mass is 10.3. The molecule has 0 unspecified atom stereocenters. The maximum Gasteiger partial charge on any atom is 0.516 e. The van der Waals surface area contributed by atoms with Gasteiger partial charge in [0, 0.05) is 5.69 Å². The van der Waals surface area contributed by atoms with E-state index in [2.05, 4.69) is 0 Å². The van der Waals surface area contributed by atoms with Crippen molar-refractivity contribution in [2.45, 2.75) is 5.51 Å². The molecule has 16 heavy (non-hydrogen) atoms. The lowest BCUT2D eigenvalue weighted by Crippen LogP contribution is -2.29. The molecule has 3 N–H and O–H groups in total. The van der Waals surface area contributed by atoms with Crippen LogP contribution in [-0.2, 0) is 10.0 Å². The highest BCUT2D eigenvalue weighted by molar-refractivity contribution is 7.93. The molecular formula is C7H8ClF3N2O2S. The van der Waals surface area contributed by atoms with Crippen LogP contribution in [0.2, 0.25) is 0 Å². The van der Waals surface area contributed by atoms with Crippen LogP contribution < -0.4 is 10.5 Å². The predicted octanol–water partition coefficient (Wildman–Crippen LogP) is 1.95. The van der Waals surface area contributed by atoms with E-state index in [9.17, 15) is 21.6 Å². The van der Waals surface area contributed by atoms with Crippen molar-refractivity contribution in [2.24, 2.45) is 0 Å². The van der Waals surface area contributed by atoms with E-state index in [0.717, 1.165) is 6.07 Å². The maximum atomic E-state index is 11.9. The second kappa shape index (κ2) is 4.79. The Kier molecular flexibility index (Phi) is 4.45. The number of nitrogen functional groups attached to an aromatic ring is 1. The Balaban J connectivity index is 0.00000225. The molecule has 0 aromatic heterocycles. The molecule has 0 radical (unpaired) electrons. The highest BCUT2D eigenvalue weighted by Crippen LogP contribution is 2.25. The van der Waals surface area contributed by atoms with E-state index in [1.807, 2.05) is 0 Å². The van der Waals surface area contributed by atoms with Crippen molar-refractivity contribution in [3.8, 4) is 0 Å². The number of hydrogen-bond acceptors (Lipinski definition) is 3. The van der Waals surface area contributed by atoms with E-state index in [4.69, 9.17) is 5.73 Å². The molecule has 0 atom stereocenters. The Morgan fingerprint density at radius 1 is 1.25 bits per heavy atom. The molecule has 0 aliphatic carbocycles. The summed E-state index contributed by atoms with van der Waals surface area (Å²) in [6.07, 6.45) is 0. The average molecular weight is 277 g/mol. The molecule has 0 bridgehead atoms. The normalized spacial score (nSPS) is 11.7. The molecule has 1 rings (SSSR count). The Morgan fingerprint density at radius 2 is 1.81 bits per heavy atom. The fraction of sp³-hybridized carbons (Fsp3) is 0.143. The van der Waals surface area contributed by atoms with Crippen LogP contribution in [0.25, 0.3) is 0 Å². The average Bonchev–Trinajstić information content (AvgIpc) is 2.00. The maximum absolute atomic E-state index is 11.9. The first-order chi connectivity index (χ1) is 6.72. The summed E-state index contributed by atoms with van der Waals surface area (Å²) in [5.41, 5.74) is -0.130. The third-order valence-electron chi connectivity index (χ3n) is 1.44. The number of alkyl halides is 3. The van der Waals surface area contributed by atoms with Crippen LogP contribution in [0.15, 0.2) is 24.3 Å². The molecular weight excluding hydrogens is 269 g/mol. The summed E-state index contributed by atoms with van der Waals surface area (Å²) in [4.78, 5) is 0. The summed E-state index contributed by atoms with van der Waals surface area (Å²) in [5, 5.41) is 0. The molecule has 0 aliphatic rings. The number of anilines is 2. The zero-order chi connectivity index (χ0) is 11.7. The second-order valence-electron chi connectivity index (χ2n) is 2.68. The van der Waals surface area contributed by atoms with Crippen LogP contribution in [0, 0.1) is 0 Å². The summed E-state index contributed by atoms with van der Waals surface area (Å²) in [6, 6.07) is 5.01. The molecule has 1 aromatic rings. The van der Waals surface area contributed by atoms with Crippen molar-refractivity contribution >= 4 is 33.8 Å². The fourth-order valence-electron chi connectivity index (χ4n) is 0.815. The summed E-state index contributed by atoms with van der Waals surface area (Å²) in [5.74, 6) is 0. The van der Waals surface area contributed by atoms with Gasteiger partial charge in [-0.3, -0.25) is 4.72 Å². The molecule has 0 saturated carbocycles. The summed E-state index contributed by atoms with van der Waals surface area (Å²) >= 11 is 0. The molecule has 0 fully saturated rings. The van der Waals surface area contributed by atoms with E-state index in [-0.39, 0.29) is 23.8 Å². The fourth-order valence-corrected chi connectivity index (χ4v) is 1.37. The van der Waals surface area contributed by atoms with E-state index in [0.29, 0.717) is 0 Å². The van der Waals surface area contributed by atoms with Gasteiger partial charge < -0.3 is 5.73 Å². The molecule has 0 heterocycles. The zero-order valence-electron chi connectivity index (χ0n) is 7.65. The van der Waals surface area contributed by atoms with Gasteiger partial charge in [0.1, 0.15) is 0 Å². The van der Waals surface area contributed by atoms with Crippen molar-refractivity contribution in [1.29, 1.82) is 0 Å². The SMILES string of the molecule is Cl.Nc1cccc(NS(=O)(=O)C(F)(F)F)c1. The Morgan fingerprint density at radius 3 is 2.25 bits per heavy atom. The van der Waals surface area contributed by atoms with Gasteiger partial charge in [-0.05, 0) is 18.2 Å². The van der Waals surface area contributed by atoms with Crippen LogP contribution in [0.1, 0.15) is 0 Å². The standard InChI is InChI=1S/C7H7F3N2O2S.ClH/c8-7(9,10)15(13,14)12-6-3-1-2-5(11)4-6;/h1-4,12H,11H2;1H. The molecule has 0 saturated heterocycles. The smallest absolute Gasteiger partial charge is 0.399 e. The van der Waals surface area contributed by atoms with Gasteiger partial charge in [0.2, 0.25) is 0 Å². The highest BCUT2D eigenvalue weighted by Gasteiger charge is 2.45. The van der Waals surface area contributed by atoms with Crippen molar-refractivity contribution in [2.75, 3.05) is 10.5 Å². The Hall–Kier alpha value is -1.15. The van der Waals surface area contributed by atoms with Crippen LogP contribution >= 0.6 is 12.4 Å². The lowest BCUT2D eigenvalue weighted by molar-refractivity contribution is -0.0429. The number of rotatable bonds is 2. The quantitative estimate of drug-likeness (QED) is 0.811. The first kappa shape index (κ1) is 14.8. The van der Waals surface area contributed by atoms with Crippen LogP contribution in [-0.4, -0.2) is 13.9 Å². The van der Waals surface area contributed by atoms with Crippen molar-refractivity contribution in [3.63, 3.8) is 0 Å². The number of benzene rings is 1. The molecule has 0 spiro atoms. The second-order valence-corrected chi connectivity index (χ2v) is 4.35. The first-order valence-corrected chi connectivity index (χ1v) is 5.15. The van der Waals surface area contributed by atoms with E-state index in [1.165, 1.54) is 22.9 Å². The lowest BCUT2D eigenvalue weighted by Gasteiger charge is -2.10. The minimum Gasteiger partial charge on any atom is -0.399 e. The third kappa shape index (κ3) is 3.46. The number of nitrogens with two attached hydrogens (primary N) is 1. The van der Waals surface area contributed by atoms with Gasteiger partial charge in [-0.2, -0.15) is 21.6 Å². The van der Waals surface area contributed by atoms with Crippen LogP contribution in [0.5, 0.6) is 0 Å².